The number of benzene rings is 1. The van der Waals surface area contributed by atoms with Crippen LogP contribution in [-0.4, -0.2) is 46.9 Å². The van der Waals surface area contributed by atoms with Crippen LogP contribution in [0.25, 0.3) is 0 Å². The predicted octanol–water partition coefficient (Wildman–Crippen LogP) is 2.24. The molecule has 5 nitrogen and oxygen atoms in total. The topological polar surface area (TPSA) is 50.8 Å². The van der Waals surface area contributed by atoms with Crippen molar-refractivity contribution < 1.29 is 18.7 Å². The van der Waals surface area contributed by atoms with Crippen LogP contribution in [0, 0.1) is 11.2 Å². The van der Waals surface area contributed by atoms with Gasteiger partial charge >= 0.3 is 0 Å². The summed E-state index contributed by atoms with van der Waals surface area (Å²) in [6.45, 7) is 1.93. The lowest BCUT2D eigenvalue weighted by molar-refractivity contribution is -0.133. The van der Waals surface area contributed by atoms with Crippen molar-refractivity contribution >= 4 is 24.0 Å². The first-order valence-corrected chi connectivity index (χ1v) is 7.35. The Bertz CT molecular complexity index is 531. The summed E-state index contributed by atoms with van der Waals surface area (Å²) in [5, 5.41) is 3.25. The quantitative estimate of drug-likeness (QED) is 0.888. The van der Waals surface area contributed by atoms with Crippen molar-refractivity contribution in [2.45, 2.75) is 12.8 Å². The summed E-state index contributed by atoms with van der Waals surface area (Å²) in [5.41, 5.74) is -0.0390. The van der Waals surface area contributed by atoms with Crippen LogP contribution in [0.2, 0.25) is 0 Å². The van der Waals surface area contributed by atoms with Crippen molar-refractivity contribution in [1.82, 2.24) is 5.32 Å². The molecule has 0 saturated carbocycles. The molecule has 1 aliphatic heterocycles. The van der Waals surface area contributed by atoms with E-state index in [-0.39, 0.29) is 24.1 Å². The molecule has 130 valence electrons. The number of halogens is 2. The molecule has 0 unspecified atom stereocenters. The Morgan fingerprint density at radius 3 is 2.52 bits per heavy atom. The molecule has 0 aliphatic carbocycles. The smallest absolute Gasteiger partial charge is 0.235 e. The van der Waals surface area contributed by atoms with Gasteiger partial charge in [-0.05, 0) is 38.1 Å². The average molecular weight is 347 g/mol. The Morgan fingerprint density at radius 2 is 2.00 bits per heavy atom. The van der Waals surface area contributed by atoms with E-state index < -0.39 is 11.2 Å². The second-order valence-electron chi connectivity index (χ2n) is 5.65. The van der Waals surface area contributed by atoms with Crippen LogP contribution in [0.4, 0.5) is 10.1 Å². The molecule has 1 aliphatic rings. The predicted molar refractivity (Wildman–Crippen MR) is 90.0 cm³/mol. The van der Waals surface area contributed by atoms with Crippen LogP contribution in [0.3, 0.4) is 0 Å². The molecule has 1 amide bonds. The third kappa shape index (κ3) is 4.13. The fourth-order valence-electron chi connectivity index (χ4n) is 2.94. The molecule has 1 aromatic rings. The molecule has 0 atom stereocenters. The lowest BCUT2D eigenvalue weighted by Crippen LogP contribution is -2.50. The SMILES string of the molecule is COCC1(C(=O)N(C)c2ccc(OC)c(F)c2)CCNCC1.Cl. The summed E-state index contributed by atoms with van der Waals surface area (Å²) < 4.78 is 24.1. The molecule has 1 heterocycles. The summed E-state index contributed by atoms with van der Waals surface area (Å²) in [7, 11) is 4.68. The highest BCUT2D eigenvalue weighted by Crippen LogP contribution is 2.33. The molecule has 0 spiro atoms. The lowest BCUT2D eigenvalue weighted by atomic mass is 9.78. The first kappa shape index (κ1) is 19.7. The van der Waals surface area contributed by atoms with Crippen LogP contribution in [0.5, 0.6) is 5.75 Å². The van der Waals surface area contributed by atoms with Gasteiger partial charge in [-0.15, -0.1) is 12.4 Å². The zero-order chi connectivity index (χ0) is 16.2. The number of methoxy groups -OCH3 is 2. The fraction of sp³-hybridized carbons (Fsp3) is 0.562. The maximum Gasteiger partial charge on any atom is 0.235 e. The van der Waals surface area contributed by atoms with E-state index in [0.29, 0.717) is 25.1 Å². The molecule has 1 saturated heterocycles. The molecular weight excluding hydrogens is 323 g/mol. The highest BCUT2D eigenvalue weighted by molar-refractivity contribution is 5.97. The van der Waals surface area contributed by atoms with Gasteiger partial charge in [-0.2, -0.15) is 0 Å². The Hall–Kier alpha value is -1.37. The highest BCUT2D eigenvalue weighted by atomic mass is 35.5. The summed E-state index contributed by atoms with van der Waals surface area (Å²) in [5.74, 6) is -0.357. The molecule has 2 rings (SSSR count). The number of carbonyl (C=O) groups is 1. The normalized spacial score (nSPS) is 16.3. The average Bonchev–Trinajstić information content (AvgIpc) is 2.54. The van der Waals surface area contributed by atoms with Gasteiger partial charge in [0.2, 0.25) is 5.91 Å². The van der Waals surface area contributed by atoms with E-state index in [1.807, 2.05) is 0 Å². The van der Waals surface area contributed by atoms with Crippen molar-refractivity contribution in [1.29, 1.82) is 0 Å². The maximum atomic E-state index is 13.9. The Morgan fingerprint density at radius 1 is 1.35 bits per heavy atom. The number of amides is 1. The molecule has 0 radical (unpaired) electrons. The number of rotatable bonds is 5. The Balaban J connectivity index is 0.00000264. The summed E-state index contributed by atoms with van der Waals surface area (Å²) in [6, 6.07) is 4.53. The molecule has 1 fully saturated rings. The number of carbonyl (C=O) groups excluding carboxylic acids is 1. The largest absolute Gasteiger partial charge is 0.494 e. The van der Waals surface area contributed by atoms with Crippen LogP contribution < -0.4 is 15.0 Å². The number of nitrogens with zero attached hydrogens (tertiary/aromatic N) is 1. The summed E-state index contributed by atoms with van der Waals surface area (Å²) >= 11 is 0. The van der Waals surface area contributed by atoms with Crippen molar-refractivity contribution in [3.63, 3.8) is 0 Å². The van der Waals surface area contributed by atoms with Gasteiger partial charge in [0.05, 0.1) is 19.1 Å². The lowest BCUT2D eigenvalue weighted by Gasteiger charge is -2.38. The van der Waals surface area contributed by atoms with E-state index >= 15 is 0 Å². The highest BCUT2D eigenvalue weighted by Gasteiger charge is 2.41. The maximum absolute atomic E-state index is 13.9. The number of anilines is 1. The molecule has 23 heavy (non-hydrogen) atoms. The van der Waals surface area contributed by atoms with E-state index in [4.69, 9.17) is 9.47 Å². The monoisotopic (exact) mass is 346 g/mol. The van der Waals surface area contributed by atoms with Gasteiger partial charge in [0, 0.05) is 25.9 Å². The van der Waals surface area contributed by atoms with Crippen LogP contribution in [0.15, 0.2) is 18.2 Å². The third-order valence-electron chi connectivity index (χ3n) is 4.26. The van der Waals surface area contributed by atoms with Crippen LogP contribution in [0.1, 0.15) is 12.8 Å². The Labute approximate surface area is 142 Å². The Kier molecular flexibility index (Phi) is 7.25. The standard InChI is InChI=1S/C16H23FN2O3.ClH/c1-19(12-4-5-14(22-3)13(17)10-12)15(20)16(11-21-2)6-8-18-9-7-16;/h4-5,10,18H,6-9,11H2,1-3H3;1H. The number of piperidine rings is 1. The van der Waals surface area contributed by atoms with Crippen molar-refractivity contribution in [3.8, 4) is 5.75 Å². The molecule has 1 N–H and O–H groups in total. The number of hydrogen-bond acceptors (Lipinski definition) is 4. The van der Waals surface area contributed by atoms with E-state index in [2.05, 4.69) is 5.32 Å². The van der Waals surface area contributed by atoms with Crippen LogP contribution in [-0.2, 0) is 9.53 Å². The van der Waals surface area contributed by atoms with E-state index in [1.165, 1.54) is 24.1 Å². The summed E-state index contributed by atoms with van der Waals surface area (Å²) in [6.07, 6.45) is 1.42. The number of nitrogens with one attached hydrogen (secondary N) is 1. The van der Waals surface area contributed by atoms with Gasteiger partial charge in [-0.25, -0.2) is 4.39 Å². The first-order valence-electron chi connectivity index (χ1n) is 7.35. The van der Waals surface area contributed by atoms with Crippen molar-refractivity contribution in [2.75, 3.05) is 45.9 Å². The van der Waals surface area contributed by atoms with Crippen molar-refractivity contribution in [2.24, 2.45) is 5.41 Å². The minimum absolute atomic E-state index is 0. The summed E-state index contributed by atoms with van der Waals surface area (Å²) in [4.78, 5) is 14.4. The zero-order valence-corrected chi connectivity index (χ0v) is 14.5. The molecule has 7 heteroatoms. The number of hydrogen-bond donors (Lipinski definition) is 1. The fourth-order valence-corrected chi connectivity index (χ4v) is 2.94. The van der Waals surface area contributed by atoms with E-state index in [9.17, 15) is 9.18 Å². The zero-order valence-electron chi connectivity index (χ0n) is 13.7. The number of ether oxygens (including phenoxy) is 2. The van der Waals surface area contributed by atoms with E-state index in [0.717, 1.165) is 13.1 Å². The molecule has 1 aromatic carbocycles. The van der Waals surface area contributed by atoms with Gasteiger partial charge in [0.25, 0.3) is 0 Å². The van der Waals surface area contributed by atoms with Gasteiger partial charge < -0.3 is 19.7 Å². The molecular formula is C16H24ClFN2O3. The minimum atomic E-state index is -0.550. The first-order chi connectivity index (χ1) is 10.5. The second-order valence-corrected chi connectivity index (χ2v) is 5.65. The van der Waals surface area contributed by atoms with Gasteiger partial charge in [-0.3, -0.25) is 4.79 Å². The molecule has 0 bridgehead atoms. The van der Waals surface area contributed by atoms with Crippen LogP contribution >= 0.6 is 12.4 Å². The van der Waals surface area contributed by atoms with Gasteiger partial charge in [-0.1, -0.05) is 0 Å². The van der Waals surface area contributed by atoms with Gasteiger partial charge in [0.15, 0.2) is 11.6 Å². The third-order valence-corrected chi connectivity index (χ3v) is 4.26. The van der Waals surface area contributed by atoms with E-state index in [1.54, 1.807) is 20.2 Å². The van der Waals surface area contributed by atoms with Gasteiger partial charge in [0.1, 0.15) is 0 Å². The minimum Gasteiger partial charge on any atom is -0.494 e. The van der Waals surface area contributed by atoms with Crippen molar-refractivity contribution in [3.05, 3.63) is 24.0 Å². The molecule has 0 aromatic heterocycles. The second kappa shape index (κ2) is 8.47.